The lowest BCUT2D eigenvalue weighted by Gasteiger charge is -2.27. The van der Waals surface area contributed by atoms with Crippen molar-refractivity contribution in [2.24, 2.45) is 5.73 Å². The Labute approximate surface area is 223 Å². The normalized spacial score (nSPS) is 16.9. The molecule has 0 amide bonds. The van der Waals surface area contributed by atoms with Crippen molar-refractivity contribution in [2.45, 2.75) is 25.1 Å². The molecular formula is C28H37N7O3. The van der Waals surface area contributed by atoms with Gasteiger partial charge in [-0.15, -0.1) is 0 Å². The molecule has 1 aromatic heterocycles. The van der Waals surface area contributed by atoms with Gasteiger partial charge in [-0.25, -0.2) is 4.98 Å². The van der Waals surface area contributed by atoms with Gasteiger partial charge in [-0.3, -0.25) is 0 Å². The number of rotatable bonds is 14. The fraction of sp³-hybridized carbons (Fsp3) is 0.321. The minimum Gasteiger partial charge on any atom is -0.397 e. The molecule has 1 heterocycles. The summed E-state index contributed by atoms with van der Waals surface area (Å²) >= 11 is 0. The van der Waals surface area contributed by atoms with E-state index in [2.05, 4.69) is 25.5 Å². The van der Waals surface area contributed by atoms with Crippen LogP contribution in [0.4, 0.5) is 22.7 Å². The van der Waals surface area contributed by atoms with Crippen LogP contribution in [-0.2, 0) is 6.54 Å². The third-order valence-electron chi connectivity index (χ3n) is 6.33. The Morgan fingerprint density at radius 1 is 0.921 bits per heavy atom. The Morgan fingerprint density at radius 3 is 2.26 bits per heavy atom. The Bertz CT molecular complexity index is 1170. The predicted octanol–water partition coefficient (Wildman–Crippen LogP) is 2.17. The molecule has 0 saturated carbocycles. The fourth-order valence-electron chi connectivity index (χ4n) is 4.31. The number of anilines is 4. The van der Waals surface area contributed by atoms with E-state index in [9.17, 15) is 15.3 Å². The van der Waals surface area contributed by atoms with Crippen LogP contribution in [-0.4, -0.2) is 69.9 Å². The standard InChI is InChI=1S/C28H37N7O3/c29-25-18-28(38)27(19-26(25)32-23-6-8-24(9-7-23)35(14-16-36)15-17-37)33-22-4-2-21(3-5-22)31-10-1-12-34-13-11-30-20-34/h2-9,11,13,18-20,27-28,31-33,36-38H,1,10,12,14-17,29H2. The van der Waals surface area contributed by atoms with E-state index in [0.717, 1.165) is 42.3 Å². The molecule has 4 rings (SSSR count). The van der Waals surface area contributed by atoms with Crippen LogP contribution in [0.1, 0.15) is 6.42 Å². The van der Waals surface area contributed by atoms with Crippen LogP contribution in [0.2, 0.25) is 0 Å². The quantitative estimate of drug-likeness (QED) is 0.159. The van der Waals surface area contributed by atoms with E-state index in [0.29, 0.717) is 24.5 Å². The highest BCUT2D eigenvalue weighted by Gasteiger charge is 2.22. The number of hydrogen-bond donors (Lipinski definition) is 7. The molecule has 3 aromatic rings. The lowest BCUT2D eigenvalue weighted by Crippen LogP contribution is -2.35. The van der Waals surface area contributed by atoms with Crippen molar-refractivity contribution < 1.29 is 15.3 Å². The monoisotopic (exact) mass is 519 g/mol. The van der Waals surface area contributed by atoms with Crippen molar-refractivity contribution in [3.8, 4) is 0 Å². The van der Waals surface area contributed by atoms with Crippen molar-refractivity contribution in [1.29, 1.82) is 0 Å². The van der Waals surface area contributed by atoms with E-state index >= 15 is 0 Å². The fourth-order valence-corrected chi connectivity index (χ4v) is 4.31. The van der Waals surface area contributed by atoms with E-state index in [1.807, 2.05) is 72.0 Å². The summed E-state index contributed by atoms with van der Waals surface area (Å²) in [5, 5.41) is 39.3. The van der Waals surface area contributed by atoms with Crippen LogP contribution in [0.15, 0.2) is 90.8 Å². The zero-order valence-corrected chi connectivity index (χ0v) is 21.4. The molecule has 0 aliphatic heterocycles. The zero-order valence-electron chi connectivity index (χ0n) is 21.4. The molecule has 38 heavy (non-hydrogen) atoms. The molecule has 8 N–H and O–H groups in total. The molecule has 0 saturated heterocycles. The Kier molecular flexibility index (Phi) is 9.63. The molecule has 1 aliphatic carbocycles. The van der Waals surface area contributed by atoms with Crippen LogP contribution in [0.25, 0.3) is 0 Å². The molecule has 202 valence electrons. The summed E-state index contributed by atoms with van der Waals surface area (Å²) in [6, 6.07) is 15.3. The van der Waals surface area contributed by atoms with Gasteiger partial charge in [-0.2, -0.15) is 0 Å². The summed E-state index contributed by atoms with van der Waals surface area (Å²) in [7, 11) is 0. The highest BCUT2D eigenvalue weighted by atomic mass is 16.3. The number of hydrogen-bond acceptors (Lipinski definition) is 9. The maximum atomic E-state index is 10.6. The third kappa shape index (κ3) is 7.51. The van der Waals surface area contributed by atoms with Gasteiger partial charge in [-0.05, 0) is 67.1 Å². The number of nitrogens with two attached hydrogens (primary N) is 1. The highest BCUT2D eigenvalue weighted by molar-refractivity contribution is 5.61. The van der Waals surface area contributed by atoms with E-state index in [4.69, 9.17) is 5.73 Å². The van der Waals surface area contributed by atoms with Gasteiger partial charge >= 0.3 is 0 Å². The van der Waals surface area contributed by atoms with Crippen molar-refractivity contribution in [2.75, 3.05) is 53.7 Å². The van der Waals surface area contributed by atoms with Gasteiger partial charge in [0, 0.05) is 61.3 Å². The number of imidazole rings is 1. The summed E-state index contributed by atoms with van der Waals surface area (Å²) in [6.45, 7) is 2.69. The highest BCUT2D eigenvalue weighted by Crippen LogP contribution is 2.24. The van der Waals surface area contributed by atoms with E-state index < -0.39 is 6.10 Å². The molecule has 10 nitrogen and oxygen atoms in total. The van der Waals surface area contributed by atoms with Gasteiger partial charge in [0.1, 0.15) is 0 Å². The lowest BCUT2D eigenvalue weighted by atomic mass is 10.0. The summed E-state index contributed by atoms with van der Waals surface area (Å²) in [5.74, 6) is 0. The smallest absolute Gasteiger partial charge is 0.0982 e. The molecule has 0 radical (unpaired) electrons. The molecule has 1 aliphatic rings. The van der Waals surface area contributed by atoms with Gasteiger partial charge in [0.25, 0.3) is 0 Å². The largest absolute Gasteiger partial charge is 0.397 e. The predicted molar refractivity (Wildman–Crippen MR) is 152 cm³/mol. The number of nitrogens with one attached hydrogen (secondary N) is 3. The van der Waals surface area contributed by atoms with Crippen LogP contribution >= 0.6 is 0 Å². The number of aryl methyl sites for hydroxylation is 1. The number of aliphatic hydroxyl groups is 3. The second-order valence-electron chi connectivity index (χ2n) is 9.13. The molecule has 0 fully saturated rings. The third-order valence-corrected chi connectivity index (χ3v) is 6.33. The Hall–Kier alpha value is -3.99. The van der Waals surface area contributed by atoms with Gasteiger partial charge in [0.15, 0.2) is 0 Å². The minimum absolute atomic E-state index is 0.0110. The first-order valence-corrected chi connectivity index (χ1v) is 12.8. The van der Waals surface area contributed by atoms with Gasteiger partial charge in [0.2, 0.25) is 0 Å². The van der Waals surface area contributed by atoms with Crippen molar-refractivity contribution in [3.05, 3.63) is 90.8 Å². The van der Waals surface area contributed by atoms with Gasteiger partial charge in [-0.1, -0.05) is 0 Å². The average molecular weight is 520 g/mol. The molecule has 0 bridgehead atoms. The summed E-state index contributed by atoms with van der Waals surface area (Å²) in [6.07, 6.45) is 9.31. The van der Waals surface area contributed by atoms with E-state index in [1.54, 1.807) is 12.3 Å². The first-order chi connectivity index (χ1) is 18.6. The maximum Gasteiger partial charge on any atom is 0.0982 e. The molecule has 10 heteroatoms. The second kappa shape index (κ2) is 13.5. The first-order valence-electron chi connectivity index (χ1n) is 12.8. The number of nitrogens with zero attached hydrogens (tertiary/aromatic N) is 3. The van der Waals surface area contributed by atoms with E-state index in [1.165, 1.54) is 0 Å². The van der Waals surface area contributed by atoms with Crippen LogP contribution in [0.3, 0.4) is 0 Å². The van der Waals surface area contributed by atoms with E-state index in [-0.39, 0.29) is 19.3 Å². The van der Waals surface area contributed by atoms with Crippen molar-refractivity contribution in [3.63, 3.8) is 0 Å². The van der Waals surface area contributed by atoms with Crippen molar-refractivity contribution >= 4 is 22.7 Å². The number of aliphatic hydroxyl groups excluding tert-OH is 3. The SMILES string of the molecule is NC1=CC(O)C(Nc2ccc(NCCCn3ccnc3)cc2)C=C1Nc1ccc(N(CCO)CCO)cc1. The molecule has 0 spiro atoms. The summed E-state index contributed by atoms with van der Waals surface area (Å²) in [4.78, 5) is 5.97. The Balaban J connectivity index is 1.33. The number of aromatic nitrogens is 2. The van der Waals surface area contributed by atoms with Gasteiger partial charge in [0.05, 0.1) is 43.1 Å². The Morgan fingerprint density at radius 2 is 1.61 bits per heavy atom. The lowest BCUT2D eigenvalue weighted by molar-refractivity contribution is 0.212. The second-order valence-corrected chi connectivity index (χ2v) is 9.13. The maximum absolute atomic E-state index is 10.6. The average Bonchev–Trinajstić information content (AvgIpc) is 3.44. The van der Waals surface area contributed by atoms with Crippen LogP contribution in [0.5, 0.6) is 0 Å². The summed E-state index contributed by atoms with van der Waals surface area (Å²) < 4.78 is 2.06. The summed E-state index contributed by atoms with van der Waals surface area (Å²) in [5.41, 5.74) is 11.0. The molecular weight excluding hydrogens is 482 g/mol. The van der Waals surface area contributed by atoms with Crippen LogP contribution in [0, 0.1) is 0 Å². The molecule has 2 atom stereocenters. The zero-order chi connectivity index (χ0) is 26.7. The van der Waals surface area contributed by atoms with Gasteiger partial charge < -0.3 is 46.5 Å². The topological polar surface area (TPSA) is 144 Å². The first kappa shape index (κ1) is 27.1. The molecule has 2 unspecified atom stereocenters. The minimum atomic E-state index is -0.769. The number of benzene rings is 2. The van der Waals surface area contributed by atoms with Crippen molar-refractivity contribution in [1.82, 2.24) is 9.55 Å². The molecule has 2 aromatic carbocycles. The van der Waals surface area contributed by atoms with Crippen LogP contribution < -0.4 is 26.6 Å².